The number of carbonyl (C=O) groups excluding carboxylic acids is 2. The lowest BCUT2D eigenvalue weighted by atomic mass is 9.69. The van der Waals surface area contributed by atoms with E-state index in [4.69, 9.17) is 4.74 Å². The van der Waals surface area contributed by atoms with E-state index in [0.717, 1.165) is 16.9 Å². The number of carbonyl (C=O) groups is 2. The van der Waals surface area contributed by atoms with Crippen LogP contribution in [-0.2, 0) is 9.59 Å². The average Bonchev–Trinajstić information content (AvgIpc) is 2.86. The molecule has 0 saturated carbocycles. The molecule has 1 heterocycles. The van der Waals surface area contributed by atoms with Crippen molar-refractivity contribution in [2.75, 3.05) is 18.2 Å². The third-order valence-corrected chi connectivity index (χ3v) is 7.80. The smallest absolute Gasteiger partial charge is 0.234 e. The van der Waals surface area contributed by atoms with Gasteiger partial charge in [0.05, 0.1) is 35.5 Å². The normalized spacial score (nSPS) is 18.7. The lowest BCUT2D eigenvalue weighted by molar-refractivity contribution is -0.118. The minimum Gasteiger partial charge on any atom is -0.497 e. The molecule has 0 saturated heterocycles. The molecule has 0 bridgehead atoms. The maximum Gasteiger partial charge on any atom is 0.234 e. The number of anilines is 1. The number of allylic oxidation sites excluding steroid dienone is 3. The molecule has 0 unspecified atom stereocenters. The minimum absolute atomic E-state index is 0.0546. The first-order valence-electron chi connectivity index (χ1n) is 12.5. The van der Waals surface area contributed by atoms with Crippen molar-refractivity contribution in [3.05, 3.63) is 81.5 Å². The first-order chi connectivity index (χ1) is 17.6. The molecule has 1 aliphatic carbocycles. The highest BCUT2D eigenvalue weighted by Crippen LogP contribution is 2.48. The van der Waals surface area contributed by atoms with Crippen molar-refractivity contribution in [2.24, 2.45) is 5.41 Å². The van der Waals surface area contributed by atoms with Crippen LogP contribution in [0.5, 0.6) is 5.75 Å². The number of ether oxygens (including phenoxy) is 1. The summed E-state index contributed by atoms with van der Waals surface area (Å²) >= 11 is 1.29. The molecule has 1 aliphatic heterocycles. The Labute approximate surface area is 223 Å². The molecule has 6 nitrogen and oxygen atoms in total. The molecule has 7 heteroatoms. The topological polar surface area (TPSA) is 91.2 Å². The molecule has 0 radical (unpaired) electrons. The van der Waals surface area contributed by atoms with Gasteiger partial charge in [-0.2, -0.15) is 5.26 Å². The molecular weight excluding hydrogens is 482 g/mol. The zero-order chi connectivity index (χ0) is 26.7. The van der Waals surface area contributed by atoms with Gasteiger partial charge in [0.1, 0.15) is 5.75 Å². The van der Waals surface area contributed by atoms with E-state index in [1.54, 1.807) is 7.11 Å². The summed E-state index contributed by atoms with van der Waals surface area (Å²) in [4.78, 5) is 26.1. The molecule has 2 aromatic rings. The van der Waals surface area contributed by atoms with Crippen LogP contribution in [0.15, 0.2) is 70.4 Å². The van der Waals surface area contributed by atoms with Crippen LogP contribution in [0.2, 0.25) is 0 Å². The molecule has 2 N–H and O–H groups in total. The molecule has 2 aliphatic rings. The minimum atomic E-state index is -0.482. The number of nitrogens with zero attached hydrogens (tertiary/aromatic N) is 1. The van der Waals surface area contributed by atoms with Crippen LogP contribution in [0, 0.1) is 16.7 Å². The number of benzene rings is 2. The summed E-state index contributed by atoms with van der Waals surface area (Å²) in [6, 6.07) is 17.7. The molecule has 1 amide bonds. The van der Waals surface area contributed by atoms with Crippen LogP contribution in [0.25, 0.3) is 0 Å². The second-order valence-corrected chi connectivity index (χ2v) is 11.6. The second kappa shape index (κ2) is 10.9. The summed E-state index contributed by atoms with van der Waals surface area (Å²) in [6.07, 6.45) is 1.12. The van der Waals surface area contributed by atoms with E-state index in [0.29, 0.717) is 40.7 Å². The number of hydrogen-bond donors (Lipinski definition) is 2. The highest BCUT2D eigenvalue weighted by atomic mass is 32.2. The van der Waals surface area contributed by atoms with Crippen LogP contribution in [0.1, 0.15) is 63.5 Å². The Morgan fingerprint density at radius 2 is 1.84 bits per heavy atom. The third kappa shape index (κ3) is 5.91. The number of thioether (sulfide) groups is 1. The summed E-state index contributed by atoms with van der Waals surface area (Å²) in [6.45, 7) is 8.41. The van der Waals surface area contributed by atoms with Gasteiger partial charge in [0.2, 0.25) is 5.91 Å². The first-order valence-corrected chi connectivity index (χ1v) is 13.4. The number of hydrogen-bond acceptors (Lipinski definition) is 6. The Morgan fingerprint density at radius 1 is 1.16 bits per heavy atom. The third-order valence-electron chi connectivity index (χ3n) is 6.78. The zero-order valence-corrected chi connectivity index (χ0v) is 22.8. The predicted octanol–water partition coefficient (Wildman–Crippen LogP) is 6.26. The number of Topliss-reactive ketones (excluding diaryl/α,β-unsaturated/α-hetero) is 1. The van der Waals surface area contributed by atoms with Gasteiger partial charge in [-0.25, -0.2) is 0 Å². The maximum atomic E-state index is 13.3. The Morgan fingerprint density at radius 3 is 2.43 bits per heavy atom. The SMILES string of the molecule is COc1ccc([C@@H]2C(C#N)=C(SCC(=O)Nc3ccc(C(C)C)cc3)NC3=C2C(=O)CC(C)(C)C3)cc1. The van der Waals surface area contributed by atoms with E-state index in [-0.39, 0.29) is 22.9 Å². The van der Waals surface area contributed by atoms with Crippen LogP contribution >= 0.6 is 11.8 Å². The number of nitrogens with one attached hydrogen (secondary N) is 2. The van der Waals surface area contributed by atoms with E-state index in [1.165, 1.54) is 17.3 Å². The van der Waals surface area contributed by atoms with Gasteiger partial charge in [-0.1, -0.05) is 63.7 Å². The number of nitriles is 1. The molecule has 1 atom stereocenters. The highest BCUT2D eigenvalue weighted by Gasteiger charge is 2.42. The van der Waals surface area contributed by atoms with Gasteiger partial charge in [0.15, 0.2) is 5.78 Å². The molecule has 4 rings (SSSR count). The summed E-state index contributed by atoms with van der Waals surface area (Å²) in [5.41, 5.74) is 4.56. The van der Waals surface area contributed by atoms with Crippen molar-refractivity contribution in [3.8, 4) is 11.8 Å². The molecule has 0 aromatic heterocycles. The van der Waals surface area contributed by atoms with Gasteiger partial charge in [-0.05, 0) is 53.1 Å². The van der Waals surface area contributed by atoms with Crippen molar-refractivity contribution in [1.82, 2.24) is 5.32 Å². The summed E-state index contributed by atoms with van der Waals surface area (Å²) in [5, 5.41) is 17.2. The maximum absolute atomic E-state index is 13.3. The van der Waals surface area contributed by atoms with Crippen LogP contribution in [-0.4, -0.2) is 24.6 Å². The first kappa shape index (κ1) is 26.6. The van der Waals surface area contributed by atoms with Crippen LogP contribution in [0.4, 0.5) is 5.69 Å². The van der Waals surface area contributed by atoms with Gasteiger partial charge < -0.3 is 15.4 Å². The Bertz CT molecular complexity index is 1300. The lowest BCUT2D eigenvalue weighted by Gasteiger charge is -2.39. The molecule has 0 fully saturated rings. The molecular formula is C30H33N3O3S. The largest absolute Gasteiger partial charge is 0.497 e. The summed E-state index contributed by atoms with van der Waals surface area (Å²) in [7, 11) is 1.60. The quantitative estimate of drug-likeness (QED) is 0.453. The summed E-state index contributed by atoms with van der Waals surface area (Å²) < 4.78 is 5.30. The van der Waals surface area contributed by atoms with Crippen molar-refractivity contribution in [1.29, 1.82) is 5.26 Å². The average molecular weight is 516 g/mol. The Kier molecular flexibility index (Phi) is 7.79. The number of methoxy groups -OCH3 is 1. The van der Waals surface area contributed by atoms with Crippen LogP contribution in [0.3, 0.4) is 0 Å². The number of rotatable bonds is 7. The number of dihydropyridines is 1. The van der Waals surface area contributed by atoms with Gasteiger partial charge in [-0.3, -0.25) is 9.59 Å². The van der Waals surface area contributed by atoms with E-state index in [9.17, 15) is 14.9 Å². The standard InChI is InChI=1S/C30H33N3O3S/c1-18(2)19-6-10-21(11-7-19)32-26(35)17-37-29-23(16-31)27(20-8-12-22(36-5)13-9-20)28-24(33-29)14-30(3,4)15-25(28)34/h6-13,18,27,33H,14-15,17H2,1-5H3,(H,32,35)/t27-/m1/s1. The zero-order valence-electron chi connectivity index (χ0n) is 22.0. The van der Waals surface area contributed by atoms with E-state index in [1.807, 2.05) is 48.5 Å². The number of amides is 1. The van der Waals surface area contributed by atoms with Gasteiger partial charge in [0, 0.05) is 23.4 Å². The number of ketones is 1. The fraction of sp³-hybridized carbons (Fsp3) is 0.367. The van der Waals surface area contributed by atoms with Gasteiger partial charge in [0.25, 0.3) is 0 Å². The molecule has 37 heavy (non-hydrogen) atoms. The second-order valence-electron chi connectivity index (χ2n) is 10.6. The predicted molar refractivity (Wildman–Crippen MR) is 148 cm³/mol. The monoisotopic (exact) mass is 515 g/mol. The van der Waals surface area contributed by atoms with Crippen molar-refractivity contribution >= 4 is 29.1 Å². The molecule has 192 valence electrons. The van der Waals surface area contributed by atoms with Gasteiger partial charge >= 0.3 is 0 Å². The van der Waals surface area contributed by atoms with E-state index < -0.39 is 5.92 Å². The fourth-order valence-corrected chi connectivity index (χ4v) is 5.77. The van der Waals surface area contributed by atoms with E-state index in [2.05, 4.69) is 44.4 Å². The summed E-state index contributed by atoms with van der Waals surface area (Å²) in [5.74, 6) is 0.676. The molecule has 2 aromatic carbocycles. The lowest BCUT2D eigenvalue weighted by Crippen LogP contribution is -2.37. The fourth-order valence-electron chi connectivity index (χ4n) is 4.91. The Balaban J connectivity index is 1.60. The highest BCUT2D eigenvalue weighted by molar-refractivity contribution is 8.03. The van der Waals surface area contributed by atoms with Crippen molar-refractivity contribution in [2.45, 2.75) is 52.4 Å². The molecule has 0 spiro atoms. The van der Waals surface area contributed by atoms with Crippen molar-refractivity contribution < 1.29 is 14.3 Å². The Hall–Kier alpha value is -3.50. The van der Waals surface area contributed by atoms with Crippen molar-refractivity contribution in [3.63, 3.8) is 0 Å². The van der Waals surface area contributed by atoms with Crippen LogP contribution < -0.4 is 15.4 Å². The van der Waals surface area contributed by atoms with E-state index >= 15 is 0 Å². The van der Waals surface area contributed by atoms with Gasteiger partial charge in [-0.15, -0.1) is 0 Å².